The van der Waals surface area contributed by atoms with Gasteiger partial charge in [-0.05, 0) is 51.4 Å². The van der Waals surface area contributed by atoms with Crippen molar-refractivity contribution >= 4 is 17.9 Å². The van der Waals surface area contributed by atoms with Crippen LogP contribution >= 0.6 is 0 Å². The summed E-state index contributed by atoms with van der Waals surface area (Å²) in [5, 5.41) is 0. The van der Waals surface area contributed by atoms with E-state index in [4.69, 9.17) is 14.2 Å². The lowest BCUT2D eigenvalue weighted by Crippen LogP contribution is -2.30. The average Bonchev–Trinajstić information content (AvgIpc) is 3.24. The van der Waals surface area contributed by atoms with Gasteiger partial charge in [0, 0.05) is 19.3 Å². The number of unbranched alkanes of at least 4 members (excludes halogenated alkanes) is 30. The third kappa shape index (κ3) is 46.7. The molecule has 60 heavy (non-hydrogen) atoms. The summed E-state index contributed by atoms with van der Waals surface area (Å²) in [6.07, 6.45) is 57.0. The molecule has 0 bridgehead atoms. The molecule has 0 aliphatic carbocycles. The lowest BCUT2D eigenvalue weighted by atomic mass is 10.0. The molecule has 0 rings (SSSR count). The van der Waals surface area contributed by atoms with Gasteiger partial charge < -0.3 is 14.2 Å². The summed E-state index contributed by atoms with van der Waals surface area (Å²) in [4.78, 5) is 37.9. The highest BCUT2D eigenvalue weighted by molar-refractivity contribution is 5.71. The highest BCUT2D eigenvalue weighted by Gasteiger charge is 2.19. The quantitative estimate of drug-likeness (QED) is 0.0263. The molecule has 0 N–H and O–H groups in total. The molecular formula is C54H98O6. The van der Waals surface area contributed by atoms with Crippen LogP contribution in [0.1, 0.15) is 271 Å². The summed E-state index contributed by atoms with van der Waals surface area (Å²) in [5.41, 5.74) is 0. The molecule has 1 atom stereocenters. The first-order valence-corrected chi connectivity index (χ1v) is 26.0. The Hall–Kier alpha value is -2.37. The van der Waals surface area contributed by atoms with Gasteiger partial charge in [-0.25, -0.2) is 0 Å². The summed E-state index contributed by atoms with van der Waals surface area (Å²) in [7, 11) is 0. The van der Waals surface area contributed by atoms with E-state index in [1.807, 2.05) is 0 Å². The van der Waals surface area contributed by atoms with E-state index < -0.39 is 6.10 Å². The largest absolute Gasteiger partial charge is 0.462 e. The lowest BCUT2D eigenvalue weighted by Gasteiger charge is -2.18. The Labute approximate surface area is 372 Å². The van der Waals surface area contributed by atoms with Gasteiger partial charge in [0.05, 0.1) is 0 Å². The van der Waals surface area contributed by atoms with Crippen molar-refractivity contribution in [1.29, 1.82) is 0 Å². The Morgan fingerprint density at radius 1 is 0.350 bits per heavy atom. The fraction of sp³-hybridized carbons (Fsp3) is 0.833. The molecule has 0 saturated carbocycles. The second-order valence-electron chi connectivity index (χ2n) is 17.4. The molecule has 0 heterocycles. The smallest absolute Gasteiger partial charge is 0.306 e. The van der Waals surface area contributed by atoms with Crippen molar-refractivity contribution in [2.45, 2.75) is 277 Å². The molecule has 0 unspecified atom stereocenters. The van der Waals surface area contributed by atoms with E-state index in [-0.39, 0.29) is 31.1 Å². The third-order valence-corrected chi connectivity index (χ3v) is 11.4. The predicted molar refractivity (Wildman–Crippen MR) is 256 cm³/mol. The minimum absolute atomic E-state index is 0.0751. The third-order valence-electron chi connectivity index (χ3n) is 11.4. The van der Waals surface area contributed by atoms with Gasteiger partial charge in [0.15, 0.2) is 6.10 Å². The molecule has 350 valence electrons. The maximum absolute atomic E-state index is 12.8. The number of hydrogen-bond acceptors (Lipinski definition) is 6. The normalized spacial score (nSPS) is 12.2. The summed E-state index contributed by atoms with van der Waals surface area (Å²) in [6.45, 7) is 6.53. The summed E-state index contributed by atoms with van der Waals surface area (Å²) < 4.78 is 16.8. The van der Waals surface area contributed by atoms with Crippen molar-refractivity contribution in [3.8, 4) is 0 Å². The summed E-state index contributed by atoms with van der Waals surface area (Å²) in [5.74, 6) is -0.882. The molecule has 0 aliphatic heterocycles. The Morgan fingerprint density at radius 2 is 0.650 bits per heavy atom. The van der Waals surface area contributed by atoms with Crippen molar-refractivity contribution in [2.24, 2.45) is 0 Å². The maximum Gasteiger partial charge on any atom is 0.306 e. The van der Waals surface area contributed by atoms with E-state index in [9.17, 15) is 14.4 Å². The molecule has 0 aromatic heterocycles. The number of carbonyl (C=O) groups is 3. The highest BCUT2D eigenvalue weighted by atomic mass is 16.6. The molecule has 0 fully saturated rings. The first kappa shape index (κ1) is 57.6. The standard InChI is InChI=1S/C54H98O6/c1-4-7-10-13-16-19-22-24-26-27-29-30-32-35-38-41-44-47-53(56)59-50-51(49-58-52(55)46-43-40-37-34-21-18-15-12-9-6-3)60-54(57)48-45-42-39-36-33-31-28-25-23-20-17-14-11-8-5-2/h8,11,17,20,25,28,51H,4-7,9-10,12-16,18-19,21-24,26-27,29-50H2,1-3H3/b11-8-,20-17-,28-25-/t51-/m1/s1. The first-order chi connectivity index (χ1) is 29.5. The number of hydrogen-bond donors (Lipinski definition) is 0. The van der Waals surface area contributed by atoms with Crippen LogP contribution in [0.4, 0.5) is 0 Å². The zero-order valence-corrected chi connectivity index (χ0v) is 40.0. The average molecular weight is 843 g/mol. The Bertz CT molecular complexity index is 1020. The van der Waals surface area contributed by atoms with Crippen LogP contribution in [0.2, 0.25) is 0 Å². The predicted octanol–water partition coefficient (Wildman–Crippen LogP) is 16.9. The summed E-state index contributed by atoms with van der Waals surface area (Å²) >= 11 is 0. The fourth-order valence-corrected chi connectivity index (χ4v) is 7.52. The van der Waals surface area contributed by atoms with Gasteiger partial charge in [-0.3, -0.25) is 14.4 Å². The first-order valence-electron chi connectivity index (χ1n) is 26.0. The van der Waals surface area contributed by atoms with Gasteiger partial charge in [0.25, 0.3) is 0 Å². The molecular weight excluding hydrogens is 745 g/mol. The SMILES string of the molecule is CC/C=C\C/C=C\C/C=C\CCCCCCCC(=O)O[C@H](COC(=O)CCCCCCCCCCCC)COC(=O)CCCCCCCCCCCCCCCCCCC. The van der Waals surface area contributed by atoms with Crippen LogP contribution in [0.5, 0.6) is 0 Å². The van der Waals surface area contributed by atoms with Crippen LogP contribution in [0.25, 0.3) is 0 Å². The molecule has 0 aromatic rings. The Kier molecular flexibility index (Phi) is 47.3. The molecule has 0 radical (unpaired) electrons. The van der Waals surface area contributed by atoms with E-state index in [1.54, 1.807) is 0 Å². The molecule has 0 amide bonds. The van der Waals surface area contributed by atoms with Crippen LogP contribution in [-0.2, 0) is 28.6 Å². The van der Waals surface area contributed by atoms with Crippen LogP contribution in [-0.4, -0.2) is 37.2 Å². The van der Waals surface area contributed by atoms with Crippen LogP contribution in [0.3, 0.4) is 0 Å². The van der Waals surface area contributed by atoms with Gasteiger partial charge >= 0.3 is 17.9 Å². The van der Waals surface area contributed by atoms with Crippen LogP contribution in [0.15, 0.2) is 36.5 Å². The van der Waals surface area contributed by atoms with Crippen molar-refractivity contribution < 1.29 is 28.6 Å². The number of ether oxygens (including phenoxy) is 3. The van der Waals surface area contributed by atoms with E-state index in [2.05, 4.69) is 57.2 Å². The van der Waals surface area contributed by atoms with E-state index in [1.165, 1.54) is 135 Å². The van der Waals surface area contributed by atoms with Crippen molar-refractivity contribution in [3.63, 3.8) is 0 Å². The van der Waals surface area contributed by atoms with E-state index in [0.717, 1.165) is 96.3 Å². The second kappa shape index (κ2) is 49.3. The Morgan fingerprint density at radius 3 is 1.02 bits per heavy atom. The zero-order chi connectivity index (χ0) is 43.7. The minimum atomic E-state index is -0.775. The molecule has 0 spiro atoms. The van der Waals surface area contributed by atoms with E-state index >= 15 is 0 Å². The van der Waals surface area contributed by atoms with Crippen molar-refractivity contribution in [3.05, 3.63) is 36.5 Å². The molecule has 6 heteroatoms. The van der Waals surface area contributed by atoms with Gasteiger partial charge in [-0.2, -0.15) is 0 Å². The topological polar surface area (TPSA) is 78.9 Å². The maximum atomic E-state index is 12.8. The molecule has 0 aromatic carbocycles. The van der Waals surface area contributed by atoms with Gasteiger partial charge in [-0.15, -0.1) is 0 Å². The van der Waals surface area contributed by atoms with Crippen LogP contribution < -0.4 is 0 Å². The Balaban J connectivity index is 4.32. The van der Waals surface area contributed by atoms with E-state index in [0.29, 0.717) is 19.3 Å². The van der Waals surface area contributed by atoms with Gasteiger partial charge in [-0.1, -0.05) is 237 Å². The number of carbonyl (C=O) groups excluding carboxylic acids is 3. The van der Waals surface area contributed by atoms with Crippen molar-refractivity contribution in [2.75, 3.05) is 13.2 Å². The van der Waals surface area contributed by atoms with Gasteiger partial charge in [0.2, 0.25) is 0 Å². The molecule has 6 nitrogen and oxygen atoms in total. The highest BCUT2D eigenvalue weighted by Crippen LogP contribution is 2.16. The molecule has 0 aliphatic rings. The van der Waals surface area contributed by atoms with Crippen LogP contribution in [0, 0.1) is 0 Å². The molecule has 0 saturated heterocycles. The second-order valence-corrected chi connectivity index (χ2v) is 17.4. The number of esters is 3. The zero-order valence-electron chi connectivity index (χ0n) is 40.0. The number of allylic oxidation sites excluding steroid dienone is 6. The summed E-state index contributed by atoms with van der Waals surface area (Å²) in [6, 6.07) is 0. The monoisotopic (exact) mass is 843 g/mol. The van der Waals surface area contributed by atoms with Crippen molar-refractivity contribution in [1.82, 2.24) is 0 Å². The lowest BCUT2D eigenvalue weighted by molar-refractivity contribution is -0.167. The fourth-order valence-electron chi connectivity index (χ4n) is 7.52. The van der Waals surface area contributed by atoms with Gasteiger partial charge in [0.1, 0.15) is 13.2 Å². The minimum Gasteiger partial charge on any atom is -0.462 e. The number of rotatable bonds is 47.